The number of halogens is 1. The van der Waals surface area contributed by atoms with E-state index in [0.717, 1.165) is 0 Å². The third-order valence-corrected chi connectivity index (χ3v) is 3.50. The van der Waals surface area contributed by atoms with E-state index < -0.39 is 0 Å². The molecule has 6 nitrogen and oxygen atoms in total. The van der Waals surface area contributed by atoms with Gasteiger partial charge in [0.15, 0.2) is 0 Å². The zero-order valence-corrected chi connectivity index (χ0v) is 14.3. The number of amides is 1. The lowest BCUT2D eigenvalue weighted by Gasteiger charge is -2.18. The second-order valence-corrected chi connectivity index (χ2v) is 5.34. The maximum atomic E-state index is 12.4. The highest BCUT2D eigenvalue weighted by Gasteiger charge is 2.28. The summed E-state index contributed by atoms with van der Waals surface area (Å²) >= 11 is 5.92. The molecule has 1 aromatic rings. The van der Waals surface area contributed by atoms with E-state index in [1.54, 1.807) is 30.3 Å². The summed E-state index contributed by atoms with van der Waals surface area (Å²) in [4.78, 5) is 15.7. The largest absolute Gasteiger partial charge is 0.495 e. The van der Waals surface area contributed by atoms with Crippen LogP contribution in [0.15, 0.2) is 47.6 Å². The summed E-state index contributed by atoms with van der Waals surface area (Å²) in [6, 6.07) is 6.64. The van der Waals surface area contributed by atoms with Crippen LogP contribution in [-0.4, -0.2) is 29.6 Å². The van der Waals surface area contributed by atoms with Crippen LogP contribution in [0.3, 0.4) is 0 Å². The van der Waals surface area contributed by atoms with Crippen molar-refractivity contribution in [3.05, 3.63) is 63.7 Å². The third kappa shape index (κ3) is 4.25. The molecule has 0 heterocycles. The molecule has 0 unspecified atom stereocenters. The molecule has 126 valence electrons. The van der Waals surface area contributed by atoms with Crippen LogP contribution in [0.2, 0.25) is 5.02 Å². The minimum atomic E-state index is -0.318. The number of ether oxygens (including phenoxy) is 2. The minimum absolute atomic E-state index is 0.224. The highest BCUT2D eigenvalue weighted by atomic mass is 35.5. The number of carbonyl (C=O) groups is 1. The van der Waals surface area contributed by atoms with Gasteiger partial charge in [0.05, 0.1) is 18.9 Å². The van der Waals surface area contributed by atoms with Crippen LogP contribution in [0.4, 0.5) is 0 Å². The average Bonchev–Trinajstić information content (AvgIpc) is 2.57. The molecular formula is C17H18ClN3O3. The summed E-state index contributed by atoms with van der Waals surface area (Å²) in [5, 5.41) is 3.27. The Morgan fingerprint density at radius 2 is 2.08 bits per heavy atom. The smallest absolute Gasteiger partial charge is 0.341 e. The van der Waals surface area contributed by atoms with E-state index in [0.29, 0.717) is 46.7 Å². The first kappa shape index (κ1) is 17.8. The molecular weight excluding hydrogens is 330 g/mol. The maximum absolute atomic E-state index is 12.4. The zero-order chi connectivity index (χ0) is 17.5. The number of rotatable bonds is 6. The predicted octanol–water partition coefficient (Wildman–Crippen LogP) is 3.31. The molecule has 0 radical (unpaired) electrons. The Labute approximate surface area is 145 Å². The van der Waals surface area contributed by atoms with Crippen molar-refractivity contribution in [2.45, 2.75) is 20.3 Å². The number of nitrogens with one attached hydrogen (secondary N) is 1. The quantitative estimate of drug-likeness (QED) is 0.632. The van der Waals surface area contributed by atoms with Crippen molar-refractivity contribution in [3.63, 3.8) is 0 Å². The van der Waals surface area contributed by atoms with Crippen LogP contribution in [0.5, 0.6) is 0 Å². The molecule has 0 saturated heterocycles. The van der Waals surface area contributed by atoms with Gasteiger partial charge in [0, 0.05) is 16.7 Å². The van der Waals surface area contributed by atoms with Crippen molar-refractivity contribution in [2.75, 3.05) is 13.2 Å². The first-order valence-corrected chi connectivity index (χ1v) is 7.95. The molecule has 7 heteroatoms. The Kier molecular flexibility index (Phi) is 6.18. The van der Waals surface area contributed by atoms with Gasteiger partial charge in [-0.05, 0) is 32.0 Å². The Hall–Kier alpha value is -2.56. The predicted molar refractivity (Wildman–Crippen MR) is 90.5 cm³/mol. The van der Waals surface area contributed by atoms with Gasteiger partial charge in [0.2, 0.25) is 5.76 Å². The molecule has 1 aliphatic rings. The number of hydrogen-bond donors (Lipinski definition) is 1. The van der Waals surface area contributed by atoms with E-state index >= 15 is 0 Å². The molecule has 0 saturated carbocycles. The van der Waals surface area contributed by atoms with E-state index in [1.807, 2.05) is 13.8 Å². The molecule has 0 aliphatic heterocycles. The topological polar surface area (TPSA) is 84.0 Å². The second kappa shape index (κ2) is 8.34. The van der Waals surface area contributed by atoms with Crippen molar-refractivity contribution in [3.8, 4) is 0 Å². The van der Waals surface area contributed by atoms with E-state index in [1.165, 1.54) is 0 Å². The Morgan fingerprint density at radius 3 is 2.71 bits per heavy atom. The minimum Gasteiger partial charge on any atom is -0.495 e. The standard InChI is InChI=1S/C17H18ClN3O3/c1-3-23-15-10-14(21-19)16(24-4-2)9-13(15)20-17(22)11-6-5-7-12(18)8-11/h5-9H,3-4,10H2,1-2H3,(H,20,22). The third-order valence-electron chi connectivity index (χ3n) is 3.26. The fraction of sp³-hybridized carbons (Fsp3) is 0.294. The average molecular weight is 348 g/mol. The first-order valence-electron chi connectivity index (χ1n) is 7.57. The molecule has 2 rings (SSSR count). The molecule has 1 aromatic carbocycles. The number of benzene rings is 1. The Bertz CT molecular complexity index is 749. The highest BCUT2D eigenvalue weighted by Crippen LogP contribution is 2.22. The van der Waals surface area contributed by atoms with Gasteiger partial charge in [0.1, 0.15) is 12.2 Å². The van der Waals surface area contributed by atoms with Crippen LogP contribution in [-0.2, 0) is 9.47 Å². The van der Waals surface area contributed by atoms with Crippen molar-refractivity contribution in [1.29, 1.82) is 0 Å². The fourth-order valence-corrected chi connectivity index (χ4v) is 2.42. The Morgan fingerprint density at radius 1 is 1.33 bits per heavy atom. The molecule has 0 aromatic heterocycles. The van der Waals surface area contributed by atoms with E-state index in [9.17, 15) is 4.79 Å². The van der Waals surface area contributed by atoms with Crippen LogP contribution in [0.25, 0.3) is 5.53 Å². The van der Waals surface area contributed by atoms with Crippen molar-refractivity contribution < 1.29 is 19.1 Å². The lowest BCUT2D eigenvalue weighted by molar-refractivity contribution is -0.0135. The van der Waals surface area contributed by atoms with Gasteiger partial charge in [-0.2, -0.15) is 4.79 Å². The lowest BCUT2D eigenvalue weighted by Crippen LogP contribution is -2.28. The van der Waals surface area contributed by atoms with Crippen LogP contribution in [0.1, 0.15) is 30.6 Å². The number of carbonyl (C=O) groups excluding carboxylic acids is 1. The monoisotopic (exact) mass is 347 g/mol. The number of hydrogen-bond acceptors (Lipinski definition) is 3. The molecule has 0 fully saturated rings. The van der Waals surface area contributed by atoms with Gasteiger partial charge in [-0.1, -0.05) is 17.7 Å². The van der Waals surface area contributed by atoms with Gasteiger partial charge in [-0.3, -0.25) is 4.79 Å². The van der Waals surface area contributed by atoms with E-state index in [4.69, 9.17) is 26.6 Å². The van der Waals surface area contributed by atoms with Gasteiger partial charge >= 0.3 is 5.71 Å². The molecule has 0 atom stereocenters. The number of nitrogens with zero attached hydrogens (tertiary/aromatic N) is 2. The molecule has 0 bridgehead atoms. The zero-order valence-electron chi connectivity index (χ0n) is 13.5. The summed E-state index contributed by atoms with van der Waals surface area (Å²) in [6.45, 7) is 4.48. The van der Waals surface area contributed by atoms with Crippen molar-refractivity contribution in [2.24, 2.45) is 0 Å². The number of allylic oxidation sites excluding steroid dienone is 3. The molecule has 0 spiro atoms. The van der Waals surface area contributed by atoms with E-state index in [-0.39, 0.29) is 12.3 Å². The van der Waals surface area contributed by atoms with E-state index in [2.05, 4.69) is 10.1 Å². The summed E-state index contributed by atoms with van der Waals surface area (Å²) < 4.78 is 11.0. The van der Waals surface area contributed by atoms with Crippen LogP contribution in [0, 0.1) is 0 Å². The summed E-state index contributed by atoms with van der Waals surface area (Å²) in [7, 11) is 0. The van der Waals surface area contributed by atoms with Crippen LogP contribution < -0.4 is 5.32 Å². The van der Waals surface area contributed by atoms with Gasteiger partial charge in [-0.15, -0.1) is 0 Å². The SMILES string of the molecule is CCOC1=CC(NC(=O)c2cccc(Cl)c2)=C(OCC)CC1=[N+]=[N-]. The fourth-order valence-electron chi connectivity index (χ4n) is 2.23. The van der Waals surface area contributed by atoms with Crippen LogP contribution >= 0.6 is 11.6 Å². The second-order valence-electron chi connectivity index (χ2n) is 4.90. The first-order chi connectivity index (χ1) is 11.6. The normalized spacial score (nSPS) is 14.0. The summed E-state index contributed by atoms with van der Waals surface area (Å²) in [5.74, 6) is 0.579. The highest BCUT2D eigenvalue weighted by molar-refractivity contribution is 6.31. The lowest BCUT2D eigenvalue weighted by atomic mass is 10.1. The maximum Gasteiger partial charge on any atom is 0.341 e. The molecule has 24 heavy (non-hydrogen) atoms. The van der Waals surface area contributed by atoms with Gasteiger partial charge in [0.25, 0.3) is 5.91 Å². The molecule has 1 aliphatic carbocycles. The van der Waals surface area contributed by atoms with Crippen molar-refractivity contribution in [1.82, 2.24) is 5.32 Å². The molecule has 1 N–H and O–H groups in total. The Balaban J connectivity index is 2.32. The summed E-state index contributed by atoms with van der Waals surface area (Å²) in [6.07, 6.45) is 1.82. The van der Waals surface area contributed by atoms with Gasteiger partial charge in [-0.25, -0.2) is 0 Å². The van der Waals surface area contributed by atoms with Crippen molar-refractivity contribution >= 4 is 23.2 Å². The van der Waals surface area contributed by atoms with Gasteiger partial charge < -0.3 is 20.3 Å². The molecule has 1 amide bonds. The summed E-state index contributed by atoms with van der Waals surface area (Å²) in [5.41, 5.74) is 10.4.